The van der Waals surface area contributed by atoms with Gasteiger partial charge in [-0.2, -0.15) is 8.42 Å². The molecule has 1 amide bonds. The fraction of sp³-hybridized carbons (Fsp3) is 0.200. The first-order chi connectivity index (χ1) is 7.98. The largest absolute Gasteiger partial charge is 0.327 e. The van der Waals surface area contributed by atoms with Crippen molar-refractivity contribution in [3.63, 3.8) is 0 Å². The molecule has 0 saturated heterocycles. The highest BCUT2D eigenvalue weighted by Crippen LogP contribution is 2.28. The van der Waals surface area contributed by atoms with Crippen LogP contribution in [0.5, 0.6) is 0 Å². The van der Waals surface area contributed by atoms with E-state index in [2.05, 4.69) is 11.6 Å². The molecule has 0 atom stereocenters. The van der Waals surface area contributed by atoms with Crippen molar-refractivity contribution in [1.29, 1.82) is 0 Å². The Morgan fingerprint density at radius 2 is 2.24 bits per heavy atom. The molecule has 1 aromatic rings. The molecule has 0 aliphatic carbocycles. The normalized spacial score (nSPS) is 17.0. The van der Waals surface area contributed by atoms with Gasteiger partial charge in [-0.3, -0.25) is 4.79 Å². The number of rotatable bonds is 3. The third-order valence-corrected chi connectivity index (χ3v) is 4.11. The Morgan fingerprint density at radius 1 is 1.53 bits per heavy atom. The molecular formula is C10H11N3O3S. The number of fused-ring (bicyclic) bond motifs is 1. The Morgan fingerprint density at radius 3 is 2.82 bits per heavy atom. The summed E-state index contributed by atoms with van der Waals surface area (Å²) in [4.78, 5) is 15.6. The number of nitrogens with zero attached hydrogens (tertiary/aromatic N) is 2. The molecule has 90 valence electrons. The second-order valence-corrected chi connectivity index (χ2v) is 5.40. The summed E-state index contributed by atoms with van der Waals surface area (Å²) in [5, 5.41) is -0.199. The number of carbonyl (C=O) groups is 1. The number of hydrogen-bond acceptors (Lipinski definition) is 5. The second kappa shape index (κ2) is 3.94. The minimum absolute atomic E-state index is 0.0947. The van der Waals surface area contributed by atoms with Crippen LogP contribution in [0.2, 0.25) is 0 Å². The Bertz CT molecular complexity index is 595. The first-order valence-electron chi connectivity index (χ1n) is 4.87. The van der Waals surface area contributed by atoms with Crippen LogP contribution >= 0.6 is 0 Å². The summed E-state index contributed by atoms with van der Waals surface area (Å²) < 4.78 is 24.8. The van der Waals surface area contributed by atoms with Crippen LogP contribution in [0.15, 0.2) is 35.5 Å². The standard InChI is InChI=1S/C10H11N3O3S/c1-7(5-11)6-13-10(14)8-3-2-4-12-9(8)17(13,15)16/h2-4H,1,5-6,11H2. The lowest BCUT2D eigenvalue weighted by molar-refractivity contribution is 0.0878. The minimum atomic E-state index is -3.84. The van der Waals surface area contributed by atoms with Crippen LogP contribution < -0.4 is 5.73 Å². The van der Waals surface area contributed by atoms with E-state index in [0.29, 0.717) is 5.57 Å². The molecule has 7 heteroatoms. The molecule has 0 unspecified atom stereocenters. The van der Waals surface area contributed by atoms with Crippen LogP contribution in [-0.4, -0.2) is 36.7 Å². The maximum atomic E-state index is 12.0. The van der Waals surface area contributed by atoms with Crippen LogP contribution in [0.4, 0.5) is 0 Å². The number of carbonyl (C=O) groups excluding carboxylic acids is 1. The van der Waals surface area contributed by atoms with Gasteiger partial charge < -0.3 is 5.73 Å². The van der Waals surface area contributed by atoms with Gasteiger partial charge in [0.2, 0.25) is 0 Å². The molecule has 0 radical (unpaired) electrons. The van der Waals surface area contributed by atoms with Crippen molar-refractivity contribution in [2.45, 2.75) is 5.03 Å². The SMILES string of the molecule is C=C(CN)CN1C(=O)c2cccnc2S1(=O)=O. The molecule has 2 rings (SSSR count). The maximum absolute atomic E-state index is 12.0. The third kappa shape index (κ3) is 1.73. The van der Waals surface area contributed by atoms with E-state index in [-0.39, 0.29) is 23.7 Å². The van der Waals surface area contributed by atoms with Gasteiger partial charge in [0.05, 0.1) is 12.1 Å². The van der Waals surface area contributed by atoms with Crippen LogP contribution in [0.3, 0.4) is 0 Å². The zero-order valence-corrected chi connectivity index (χ0v) is 9.77. The highest BCUT2D eigenvalue weighted by atomic mass is 32.2. The van der Waals surface area contributed by atoms with Crippen LogP contribution in [0, 0.1) is 0 Å². The molecule has 0 aromatic carbocycles. The van der Waals surface area contributed by atoms with Crippen molar-refractivity contribution in [2.75, 3.05) is 13.1 Å². The van der Waals surface area contributed by atoms with E-state index in [4.69, 9.17) is 5.73 Å². The maximum Gasteiger partial charge on any atom is 0.285 e. The third-order valence-electron chi connectivity index (χ3n) is 2.42. The van der Waals surface area contributed by atoms with Gasteiger partial charge in [0, 0.05) is 12.7 Å². The molecule has 17 heavy (non-hydrogen) atoms. The van der Waals surface area contributed by atoms with Crippen LogP contribution in [0.1, 0.15) is 10.4 Å². The Labute approximate surface area is 98.8 Å². The quantitative estimate of drug-likeness (QED) is 0.749. The van der Waals surface area contributed by atoms with Crippen LogP contribution in [-0.2, 0) is 10.0 Å². The molecule has 0 fully saturated rings. The lowest BCUT2D eigenvalue weighted by atomic mass is 10.2. The number of aromatic nitrogens is 1. The summed E-state index contributed by atoms with van der Waals surface area (Å²) in [6.45, 7) is 3.62. The fourth-order valence-electron chi connectivity index (χ4n) is 1.53. The van der Waals surface area contributed by atoms with Gasteiger partial charge in [0.25, 0.3) is 15.9 Å². The molecular weight excluding hydrogens is 242 g/mol. The second-order valence-electron chi connectivity index (χ2n) is 3.63. The minimum Gasteiger partial charge on any atom is -0.327 e. The topological polar surface area (TPSA) is 93.4 Å². The van der Waals surface area contributed by atoms with Gasteiger partial charge in [0.1, 0.15) is 0 Å². The summed E-state index contributed by atoms with van der Waals surface area (Å²) in [5.41, 5.74) is 5.90. The Balaban J connectivity index is 2.48. The summed E-state index contributed by atoms with van der Waals surface area (Å²) in [6.07, 6.45) is 1.34. The van der Waals surface area contributed by atoms with Crippen molar-refractivity contribution >= 4 is 15.9 Å². The number of pyridine rings is 1. The zero-order valence-electron chi connectivity index (χ0n) is 8.96. The summed E-state index contributed by atoms with van der Waals surface area (Å²) in [6, 6.07) is 2.96. The van der Waals surface area contributed by atoms with Crippen molar-refractivity contribution in [3.05, 3.63) is 36.0 Å². The fourth-order valence-corrected chi connectivity index (χ4v) is 3.04. The van der Waals surface area contributed by atoms with Gasteiger partial charge in [-0.1, -0.05) is 6.58 Å². The lowest BCUT2D eigenvalue weighted by Crippen LogP contribution is -2.33. The highest BCUT2D eigenvalue weighted by molar-refractivity contribution is 7.90. The first kappa shape index (κ1) is 11.7. The van der Waals surface area contributed by atoms with E-state index in [9.17, 15) is 13.2 Å². The van der Waals surface area contributed by atoms with Gasteiger partial charge in [-0.25, -0.2) is 9.29 Å². The predicted molar refractivity (Wildman–Crippen MR) is 60.7 cm³/mol. The van der Waals surface area contributed by atoms with E-state index in [0.717, 1.165) is 4.31 Å². The van der Waals surface area contributed by atoms with E-state index in [1.54, 1.807) is 0 Å². The lowest BCUT2D eigenvalue weighted by Gasteiger charge is -2.15. The summed E-state index contributed by atoms with van der Waals surface area (Å²) >= 11 is 0. The molecule has 0 saturated carbocycles. The van der Waals surface area contributed by atoms with Gasteiger partial charge in [0.15, 0.2) is 5.03 Å². The molecule has 6 nitrogen and oxygen atoms in total. The van der Waals surface area contributed by atoms with Crippen molar-refractivity contribution in [1.82, 2.24) is 9.29 Å². The van der Waals surface area contributed by atoms with Crippen molar-refractivity contribution in [3.8, 4) is 0 Å². The van der Waals surface area contributed by atoms with Crippen molar-refractivity contribution in [2.24, 2.45) is 5.73 Å². The van der Waals surface area contributed by atoms with E-state index in [1.165, 1.54) is 18.3 Å². The smallest absolute Gasteiger partial charge is 0.285 e. The molecule has 1 aliphatic heterocycles. The molecule has 2 N–H and O–H groups in total. The van der Waals surface area contributed by atoms with Crippen molar-refractivity contribution < 1.29 is 13.2 Å². The van der Waals surface area contributed by atoms with Crippen LogP contribution in [0.25, 0.3) is 0 Å². The molecule has 1 aliphatic rings. The van der Waals surface area contributed by atoms with Gasteiger partial charge in [-0.05, 0) is 17.7 Å². The van der Waals surface area contributed by atoms with Gasteiger partial charge >= 0.3 is 0 Å². The Kier molecular flexibility index (Phi) is 2.72. The number of nitrogens with two attached hydrogens (primary N) is 1. The highest BCUT2D eigenvalue weighted by Gasteiger charge is 2.42. The number of hydrogen-bond donors (Lipinski definition) is 1. The summed E-state index contributed by atoms with van der Waals surface area (Å²) in [5.74, 6) is -0.581. The van der Waals surface area contributed by atoms with E-state index < -0.39 is 15.9 Å². The average Bonchev–Trinajstić information content (AvgIpc) is 2.51. The predicted octanol–water partition coefficient (Wildman–Crippen LogP) is -0.259. The number of sulfonamides is 1. The summed E-state index contributed by atoms with van der Waals surface area (Å²) in [7, 11) is -3.84. The molecule has 1 aromatic heterocycles. The number of amides is 1. The van der Waals surface area contributed by atoms with E-state index in [1.807, 2.05) is 0 Å². The molecule has 2 heterocycles. The monoisotopic (exact) mass is 253 g/mol. The Hall–Kier alpha value is -1.73. The average molecular weight is 253 g/mol. The zero-order chi connectivity index (χ0) is 12.6. The van der Waals surface area contributed by atoms with E-state index >= 15 is 0 Å². The first-order valence-corrected chi connectivity index (χ1v) is 6.31. The van der Waals surface area contributed by atoms with Gasteiger partial charge in [-0.15, -0.1) is 0 Å². The molecule has 0 spiro atoms. The molecule has 0 bridgehead atoms.